The number of nitrogens with one attached hydrogen (secondary N) is 2. The van der Waals surface area contributed by atoms with E-state index in [-0.39, 0.29) is 0 Å². The van der Waals surface area contributed by atoms with Crippen LogP contribution in [0.4, 0.5) is 5.69 Å². The summed E-state index contributed by atoms with van der Waals surface area (Å²) in [5.41, 5.74) is 3.42. The van der Waals surface area contributed by atoms with Gasteiger partial charge in [0.15, 0.2) is 0 Å². The summed E-state index contributed by atoms with van der Waals surface area (Å²) in [5, 5.41) is 3.63. The van der Waals surface area contributed by atoms with Crippen LogP contribution in [-0.4, -0.2) is 12.4 Å². The van der Waals surface area contributed by atoms with Crippen LogP contribution in [0.3, 0.4) is 0 Å². The molecule has 4 aliphatic carbocycles. The maximum atomic E-state index is 3.63. The van der Waals surface area contributed by atoms with Crippen LogP contribution < -0.4 is 10.3 Å². The van der Waals surface area contributed by atoms with Gasteiger partial charge in [0.2, 0.25) is 5.84 Å². The van der Waals surface area contributed by atoms with Crippen molar-refractivity contribution in [2.45, 2.75) is 69.6 Å². The summed E-state index contributed by atoms with van der Waals surface area (Å²) in [6, 6.07) is 9.53. The minimum atomic E-state index is 0.529. The Morgan fingerprint density at radius 3 is 2.17 bits per heavy atom. The minimum Gasteiger partial charge on any atom is -0.278 e. The van der Waals surface area contributed by atoms with Gasteiger partial charge in [0.05, 0.1) is 6.54 Å². The largest absolute Gasteiger partial charge is 0.278 e. The van der Waals surface area contributed by atoms with E-state index < -0.39 is 0 Å². The molecule has 0 unspecified atom stereocenters. The fourth-order valence-electron chi connectivity index (χ4n) is 6.58. The van der Waals surface area contributed by atoms with Gasteiger partial charge >= 0.3 is 0 Å². The smallest absolute Gasteiger partial charge is 0.247 e. The Hall–Kier alpha value is -1.31. The minimum absolute atomic E-state index is 0.529. The number of anilines is 1. The maximum absolute atomic E-state index is 3.63. The van der Waals surface area contributed by atoms with Crippen molar-refractivity contribution in [3.63, 3.8) is 0 Å². The zero-order valence-electron chi connectivity index (χ0n) is 14.8. The van der Waals surface area contributed by atoms with Gasteiger partial charge in [-0.25, -0.2) is 5.32 Å². The number of hydrogen-bond donors (Lipinski definition) is 2. The van der Waals surface area contributed by atoms with Crippen molar-refractivity contribution in [1.82, 2.24) is 0 Å². The van der Waals surface area contributed by atoms with Crippen LogP contribution in [0.1, 0.15) is 69.8 Å². The molecule has 2 nitrogen and oxygen atoms in total. The molecule has 2 N–H and O–H groups in total. The highest BCUT2D eigenvalue weighted by Crippen LogP contribution is 2.60. The third kappa shape index (κ3) is 2.68. The van der Waals surface area contributed by atoms with Gasteiger partial charge < -0.3 is 0 Å². The highest BCUT2D eigenvalue weighted by atomic mass is 15.0. The van der Waals surface area contributed by atoms with Gasteiger partial charge in [0.25, 0.3) is 0 Å². The molecule has 2 heteroatoms. The molecule has 6 rings (SSSR count). The number of hydrogen-bond acceptors (Lipinski definition) is 1. The van der Waals surface area contributed by atoms with Crippen LogP contribution in [0, 0.1) is 17.8 Å². The van der Waals surface area contributed by atoms with Gasteiger partial charge in [-0.2, -0.15) is 0 Å². The number of benzene rings is 1. The Bertz CT molecular complexity index is 593. The predicted molar refractivity (Wildman–Crippen MR) is 99.2 cm³/mol. The quantitative estimate of drug-likeness (QED) is 0.854. The van der Waals surface area contributed by atoms with Crippen LogP contribution in [0.2, 0.25) is 0 Å². The van der Waals surface area contributed by atoms with E-state index in [9.17, 15) is 0 Å². The Balaban J connectivity index is 1.34. The third-order valence-electron chi connectivity index (χ3n) is 7.27. The second-order valence-corrected chi connectivity index (χ2v) is 9.12. The van der Waals surface area contributed by atoms with E-state index in [1.165, 1.54) is 69.3 Å². The van der Waals surface area contributed by atoms with Crippen molar-refractivity contribution in [2.24, 2.45) is 17.8 Å². The molecule has 1 aliphatic heterocycles. The van der Waals surface area contributed by atoms with Crippen molar-refractivity contribution in [3.8, 4) is 0 Å². The first-order valence-corrected chi connectivity index (χ1v) is 10.3. The van der Waals surface area contributed by atoms with E-state index in [1.54, 1.807) is 5.56 Å². The lowest BCUT2D eigenvalue weighted by Gasteiger charge is -2.57. The highest BCUT2D eigenvalue weighted by Gasteiger charge is 2.51. The molecule has 1 aromatic rings. The standard InChI is InChI=1S/C22H30N2/c1-2-4-21(23-9-3-1)24-20-7-5-19(6-8-20)22-13-16-10-17(14-22)12-18(11-16)15-22/h5-8,16-18H,1-4,9-15H2,(H,23,24)/p+1. The zero-order chi connectivity index (χ0) is 16.0. The summed E-state index contributed by atoms with van der Waals surface area (Å²) in [7, 11) is 0. The molecule has 4 fully saturated rings. The summed E-state index contributed by atoms with van der Waals surface area (Å²) in [5.74, 6) is 4.40. The molecule has 4 bridgehead atoms. The third-order valence-corrected chi connectivity index (χ3v) is 7.27. The Morgan fingerprint density at radius 2 is 1.50 bits per heavy atom. The monoisotopic (exact) mass is 323 g/mol. The van der Waals surface area contributed by atoms with Crippen LogP contribution >= 0.6 is 0 Å². The highest BCUT2D eigenvalue weighted by molar-refractivity contribution is 5.91. The molecule has 0 saturated heterocycles. The SMILES string of the molecule is c1cc(C23CC4CC(CC(C4)C2)C3)ccc1NC1=[NH+]CCCCC1. The maximum Gasteiger partial charge on any atom is 0.247 e. The van der Waals surface area contributed by atoms with Gasteiger partial charge in [0, 0.05) is 6.42 Å². The fraction of sp³-hybridized carbons (Fsp3) is 0.682. The average molecular weight is 324 g/mol. The second-order valence-electron chi connectivity index (χ2n) is 9.12. The lowest BCUT2D eigenvalue weighted by molar-refractivity contribution is -0.457. The van der Waals surface area contributed by atoms with E-state index >= 15 is 0 Å². The van der Waals surface area contributed by atoms with Crippen LogP contribution in [-0.2, 0) is 5.41 Å². The van der Waals surface area contributed by atoms with Gasteiger partial charge in [-0.15, -0.1) is 0 Å². The van der Waals surface area contributed by atoms with E-state index in [1.807, 2.05) is 0 Å². The van der Waals surface area contributed by atoms with Crippen molar-refractivity contribution in [3.05, 3.63) is 29.8 Å². The van der Waals surface area contributed by atoms with E-state index in [0.717, 1.165) is 30.7 Å². The molecule has 1 heterocycles. The van der Waals surface area contributed by atoms with E-state index in [2.05, 4.69) is 34.6 Å². The predicted octanol–water partition coefficient (Wildman–Crippen LogP) is 3.62. The lowest BCUT2D eigenvalue weighted by atomic mass is 9.48. The topological polar surface area (TPSA) is 26.0 Å². The Morgan fingerprint density at radius 1 is 0.833 bits per heavy atom. The molecule has 1 aromatic carbocycles. The first kappa shape index (κ1) is 15.0. The van der Waals surface area contributed by atoms with Crippen LogP contribution in [0.5, 0.6) is 0 Å². The number of rotatable bonds is 2. The van der Waals surface area contributed by atoms with Crippen molar-refractivity contribution >= 4 is 11.5 Å². The zero-order valence-corrected chi connectivity index (χ0v) is 14.8. The molecule has 0 spiro atoms. The lowest BCUT2D eigenvalue weighted by Crippen LogP contribution is -2.74. The summed E-state index contributed by atoms with van der Waals surface area (Å²) in [6.07, 6.45) is 14.1. The molecule has 128 valence electrons. The summed E-state index contributed by atoms with van der Waals surface area (Å²) in [4.78, 5) is 3.56. The van der Waals surface area contributed by atoms with Crippen LogP contribution in [0.25, 0.3) is 0 Å². The Kier molecular flexibility index (Phi) is 3.68. The molecule has 0 radical (unpaired) electrons. The van der Waals surface area contributed by atoms with E-state index in [0.29, 0.717) is 5.41 Å². The van der Waals surface area contributed by atoms with Crippen LogP contribution in [0.15, 0.2) is 24.3 Å². The van der Waals surface area contributed by atoms with Gasteiger partial charge in [0.1, 0.15) is 5.69 Å². The fourth-order valence-corrected chi connectivity index (χ4v) is 6.58. The van der Waals surface area contributed by atoms with Gasteiger partial charge in [-0.1, -0.05) is 12.1 Å². The summed E-state index contributed by atoms with van der Waals surface area (Å²) in [6.45, 7) is 1.12. The Labute approximate surface area is 146 Å². The second kappa shape index (κ2) is 5.89. The average Bonchev–Trinajstić information content (AvgIpc) is 2.83. The van der Waals surface area contributed by atoms with Crippen molar-refractivity contribution in [2.75, 3.05) is 11.9 Å². The van der Waals surface area contributed by atoms with Crippen molar-refractivity contribution in [1.29, 1.82) is 0 Å². The number of amidine groups is 1. The first-order valence-electron chi connectivity index (χ1n) is 10.3. The first-order chi connectivity index (χ1) is 11.8. The normalized spacial score (nSPS) is 37.8. The summed E-state index contributed by atoms with van der Waals surface area (Å²) < 4.78 is 0. The molecule has 4 saturated carbocycles. The van der Waals surface area contributed by atoms with Crippen molar-refractivity contribution < 1.29 is 4.99 Å². The van der Waals surface area contributed by atoms with Gasteiger partial charge in [-0.3, -0.25) is 4.99 Å². The van der Waals surface area contributed by atoms with E-state index in [4.69, 9.17) is 0 Å². The molecule has 5 aliphatic rings. The molecule has 0 amide bonds. The summed E-state index contributed by atoms with van der Waals surface area (Å²) >= 11 is 0. The van der Waals surface area contributed by atoms with Gasteiger partial charge in [-0.05, 0) is 98.7 Å². The molecule has 24 heavy (non-hydrogen) atoms. The molecule has 0 atom stereocenters. The molecule has 0 aromatic heterocycles. The molecular formula is C22H31N2+. The molecular weight excluding hydrogens is 292 g/mol.